The van der Waals surface area contributed by atoms with Crippen LogP contribution in [-0.4, -0.2) is 4.57 Å². The van der Waals surface area contributed by atoms with Crippen molar-refractivity contribution in [1.29, 1.82) is 0 Å². The molecule has 0 aliphatic carbocycles. The Hall–Kier alpha value is -1.97. The average molecular weight is 315 g/mol. The molecule has 3 nitrogen and oxygen atoms in total. The predicted octanol–water partition coefficient (Wildman–Crippen LogP) is 4.35. The highest BCUT2D eigenvalue weighted by Crippen LogP contribution is 2.28. The molecule has 0 amide bonds. The zero-order valence-electron chi connectivity index (χ0n) is 12.6. The molecule has 0 aliphatic heterocycles. The normalized spacial score (nSPS) is 11.0. The molecule has 0 atom stereocenters. The van der Waals surface area contributed by atoms with Crippen LogP contribution in [-0.2, 0) is 19.7 Å². The van der Waals surface area contributed by atoms with E-state index in [1.807, 2.05) is 24.3 Å². The SMILES string of the molecule is CCn1cc(COc2ccccc2Cl)c2c(CN)cccc21. The zero-order valence-corrected chi connectivity index (χ0v) is 13.3. The van der Waals surface area contributed by atoms with Gasteiger partial charge in [-0.05, 0) is 30.7 Å². The van der Waals surface area contributed by atoms with Crippen LogP contribution in [0.3, 0.4) is 0 Å². The van der Waals surface area contributed by atoms with Crippen LogP contribution in [0.2, 0.25) is 5.02 Å². The number of fused-ring (bicyclic) bond motifs is 1. The van der Waals surface area contributed by atoms with Gasteiger partial charge < -0.3 is 15.0 Å². The van der Waals surface area contributed by atoms with Crippen molar-refractivity contribution in [1.82, 2.24) is 4.57 Å². The summed E-state index contributed by atoms with van der Waals surface area (Å²) in [6, 6.07) is 13.8. The molecule has 0 saturated heterocycles. The van der Waals surface area contributed by atoms with Crippen LogP contribution >= 0.6 is 11.6 Å². The quantitative estimate of drug-likeness (QED) is 0.760. The van der Waals surface area contributed by atoms with E-state index in [-0.39, 0.29) is 0 Å². The largest absolute Gasteiger partial charge is 0.487 e. The first-order valence-corrected chi connectivity index (χ1v) is 7.79. The standard InChI is InChI=1S/C18H19ClN2O/c1-2-21-11-14(12-22-17-9-4-3-7-15(17)19)18-13(10-20)6-5-8-16(18)21/h3-9,11H,2,10,12,20H2,1H3. The van der Waals surface area contributed by atoms with E-state index in [0.717, 1.165) is 17.7 Å². The highest BCUT2D eigenvalue weighted by molar-refractivity contribution is 6.32. The Morgan fingerprint density at radius 3 is 2.64 bits per heavy atom. The van der Waals surface area contributed by atoms with Crippen molar-refractivity contribution in [3.8, 4) is 5.75 Å². The molecule has 2 aromatic carbocycles. The number of para-hydroxylation sites is 1. The van der Waals surface area contributed by atoms with E-state index < -0.39 is 0 Å². The summed E-state index contributed by atoms with van der Waals surface area (Å²) < 4.78 is 8.12. The van der Waals surface area contributed by atoms with Crippen LogP contribution in [0.4, 0.5) is 0 Å². The molecule has 0 radical (unpaired) electrons. The Bertz CT molecular complexity index is 795. The molecule has 3 rings (SSSR count). The van der Waals surface area contributed by atoms with Crippen molar-refractivity contribution < 1.29 is 4.74 Å². The lowest BCUT2D eigenvalue weighted by Gasteiger charge is -2.08. The molecule has 0 aliphatic rings. The number of ether oxygens (including phenoxy) is 1. The number of rotatable bonds is 5. The molecule has 22 heavy (non-hydrogen) atoms. The number of benzene rings is 2. The summed E-state index contributed by atoms with van der Waals surface area (Å²) in [5, 5.41) is 1.82. The lowest BCUT2D eigenvalue weighted by atomic mass is 10.1. The molecule has 0 bridgehead atoms. The number of nitrogens with two attached hydrogens (primary N) is 1. The van der Waals surface area contributed by atoms with Crippen LogP contribution in [0, 0.1) is 0 Å². The Kier molecular flexibility index (Phi) is 4.36. The van der Waals surface area contributed by atoms with Gasteiger partial charge in [-0.3, -0.25) is 0 Å². The Balaban J connectivity index is 1.98. The van der Waals surface area contributed by atoms with Gasteiger partial charge in [-0.15, -0.1) is 0 Å². The number of aryl methyl sites for hydroxylation is 1. The average Bonchev–Trinajstić information content (AvgIpc) is 2.92. The molecule has 2 N–H and O–H groups in total. The zero-order chi connectivity index (χ0) is 15.5. The van der Waals surface area contributed by atoms with Gasteiger partial charge in [0.1, 0.15) is 12.4 Å². The summed E-state index contributed by atoms with van der Waals surface area (Å²) in [5.41, 5.74) is 9.37. The summed E-state index contributed by atoms with van der Waals surface area (Å²) in [6.45, 7) is 4.04. The first-order valence-electron chi connectivity index (χ1n) is 7.41. The Morgan fingerprint density at radius 2 is 1.91 bits per heavy atom. The molecule has 0 spiro atoms. The second kappa shape index (κ2) is 6.42. The number of aromatic nitrogens is 1. The molecular formula is C18H19ClN2O. The second-order valence-corrected chi connectivity index (χ2v) is 5.58. The molecule has 1 aromatic heterocycles. The van der Waals surface area contributed by atoms with E-state index in [4.69, 9.17) is 22.1 Å². The number of halogens is 1. The topological polar surface area (TPSA) is 40.2 Å². The molecule has 0 unspecified atom stereocenters. The molecule has 3 aromatic rings. The summed E-state index contributed by atoms with van der Waals surface area (Å²) >= 11 is 6.15. The van der Waals surface area contributed by atoms with Crippen LogP contribution in [0.25, 0.3) is 10.9 Å². The van der Waals surface area contributed by atoms with Gasteiger partial charge >= 0.3 is 0 Å². The maximum atomic E-state index is 6.15. The van der Waals surface area contributed by atoms with E-state index in [1.54, 1.807) is 0 Å². The Morgan fingerprint density at radius 1 is 1.09 bits per heavy atom. The maximum absolute atomic E-state index is 6.15. The minimum atomic E-state index is 0.476. The van der Waals surface area contributed by atoms with Crippen molar-refractivity contribution in [3.05, 3.63) is 64.8 Å². The third-order valence-electron chi connectivity index (χ3n) is 3.85. The fourth-order valence-corrected chi connectivity index (χ4v) is 2.97. The number of hydrogen-bond acceptors (Lipinski definition) is 2. The Labute approximate surface area is 135 Å². The first-order chi connectivity index (χ1) is 10.7. The van der Waals surface area contributed by atoms with Gasteiger partial charge in [-0.25, -0.2) is 0 Å². The van der Waals surface area contributed by atoms with Gasteiger partial charge in [0.15, 0.2) is 0 Å². The summed E-state index contributed by atoms with van der Waals surface area (Å²) in [6.07, 6.45) is 2.14. The molecule has 4 heteroatoms. The monoisotopic (exact) mass is 314 g/mol. The summed E-state index contributed by atoms with van der Waals surface area (Å²) in [4.78, 5) is 0. The van der Waals surface area contributed by atoms with Crippen LogP contribution < -0.4 is 10.5 Å². The smallest absolute Gasteiger partial charge is 0.138 e. The minimum Gasteiger partial charge on any atom is -0.487 e. The van der Waals surface area contributed by atoms with E-state index in [0.29, 0.717) is 23.9 Å². The van der Waals surface area contributed by atoms with E-state index in [1.165, 1.54) is 10.9 Å². The van der Waals surface area contributed by atoms with E-state index in [9.17, 15) is 0 Å². The van der Waals surface area contributed by atoms with Crippen molar-refractivity contribution >= 4 is 22.5 Å². The molecular weight excluding hydrogens is 296 g/mol. The van der Waals surface area contributed by atoms with Gasteiger partial charge in [-0.2, -0.15) is 0 Å². The summed E-state index contributed by atoms with van der Waals surface area (Å²) in [5.74, 6) is 0.701. The maximum Gasteiger partial charge on any atom is 0.138 e. The molecule has 1 heterocycles. The lowest BCUT2D eigenvalue weighted by Crippen LogP contribution is -2.00. The van der Waals surface area contributed by atoms with Crippen LogP contribution in [0.1, 0.15) is 18.1 Å². The van der Waals surface area contributed by atoms with Crippen molar-refractivity contribution in [2.75, 3.05) is 0 Å². The molecule has 114 valence electrons. The van der Waals surface area contributed by atoms with Gasteiger partial charge in [0.2, 0.25) is 0 Å². The van der Waals surface area contributed by atoms with Crippen molar-refractivity contribution in [2.24, 2.45) is 5.73 Å². The summed E-state index contributed by atoms with van der Waals surface area (Å²) in [7, 11) is 0. The third-order valence-corrected chi connectivity index (χ3v) is 4.16. The van der Waals surface area contributed by atoms with E-state index >= 15 is 0 Å². The fraction of sp³-hybridized carbons (Fsp3) is 0.222. The molecule has 0 saturated carbocycles. The third kappa shape index (κ3) is 2.70. The van der Waals surface area contributed by atoms with Gasteiger partial charge in [0, 0.05) is 35.8 Å². The van der Waals surface area contributed by atoms with E-state index in [2.05, 4.69) is 35.9 Å². The fourth-order valence-electron chi connectivity index (χ4n) is 2.78. The van der Waals surface area contributed by atoms with Gasteiger partial charge in [0.05, 0.1) is 5.02 Å². The molecule has 0 fully saturated rings. The minimum absolute atomic E-state index is 0.476. The number of hydrogen-bond donors (Lipinski definition) is 1. The second-order valence-electron chi connectivity index (χ2n) is 5.17. The van der Waals surface area contributed by atoms with Crippen molar-refractivity contribution in [3.63, 3.8) is 0 Å². The number of nitrogens with zero attached hydrogens (tertiary/aromatic N) is 1. The van der Waals surface area contributed by atoms with Crippen LogP contribution in [0.5, 0.6) is 5.75 Å². The highest BCUT2D eigenvalue weighted by atomic mass is 35.5. The lowest BCUT2D eigenvalue weighted by molar-refractivity contribution is 0.307. The van der Waals surface area contributed by atoms with Gasteiger partial charge in [0.25, 0.3) is 0 Å². The van der Waals surface area contributed by atoms with Crippen molar-refractivity contribution in [2.45, 2.75) is 26.6 Å². The van der Waals surface area contributed by atoms with Crippen LogP contribution in [0.15, 0.2) is 48.7 Å². The highest BCUT2D eigenvalue weighted by Gasteiger charge is 2.12. The first kappa shape index (κ1) is 14.9. The van der Waals surface area contributed by atoms with Gasteiger partial charge in [-0.1, -0.05) is 35.9 Å². The predicted molar refractivity (Wildman–Crippen MR) is 91.3 cm³/mol.